The third-order valence-corrected chi connectivity index (χ3v) is 2.88. The van der Waals surface area contributed by atoms with Gasteiger partial charge in [0.2, 0.25) is 0 Å². The van der Waals surface area contributed by atoms with Crippen LogP contribution in [0.5, 0.6) is 0 Å². The van der Waals surface area contributed by atoms with Crippen LogP contribution in [-0.2, 0) is 6.61 Å². The monoisotopic (exact) mass is 180 g/mol. The van der Waals surface area contributed by atoms with E-state index >= 15 is 0 Å². The molecule has 0 radical (unpaired) electrons. The molecule has 3 heteroatoms. The van der Waals surface area contributed by atoms with Crippen molar-refractivity contribution in [3.63, 3.8) is 0 Å². The van der Waals surface area contributed by atoms with Gasteiger partial charge in [0.15, 0.2) is 0 Å². The lowest BCUT2D eigenvalue weighted by molar-refractivity contribution is 0.257. The number of imidazole rings is 1. The molecule has 0 bridgehead atoms. The van der Waals surface area contributed by atoms with Crippen LogP contribution in [0.15, 0.2) is 12.5 Å². The van der Waals surface area contributed by atoms with Gasteiger partial charge in [-0.25, -0.2) is 4.98 Å². The number of aliphatic hydroxyl groups excluding tert-OH is 1. The smallest absolute Gasteiger partial charge is 0.0951 e. The summed E-state index contributed by atoms with van der Waals surface area (Å²) in [7, 11) is 0. The Balaban J connectivity index is 2.13. The van der Waals surface area contributed by atoms with E-state index in [9.17, 15) is 0 Å². The molecule has 1 fully saturated rings. The van der Waals surface area contributed by atoms with Gasteiger partial charge in [0.25, 0.3) is 0 Å². The Hall–Kier alpha value is -0.830. The molecule has 13 heavy (non-hydrogen) atoms. The van der Waals surface area contributed by atoms with Gasteiger partial charge in [0.05, 0.1) is 24.8 Å². The van der Waals surface area contributed by atoms with Gasteiger partial charge < -0.3 is 9.67 Å². The summed E-state index contributed by atoms with van der Waals surface area (Å²) in [5.74, 6) is 0. The highest BCUT2D eigenvalue weighted by molar-refractivity contribution is 4.99. The predicted octanol–water partition coefficient (Wildman–Crippen LogP) is 1.88. The zero-order valence-corrected chi connectivity index (χ0v) is 7.82. The minimum atomic E-state index is 0.108. The van der Waals surface area contributed by atoms with Gasteiger partial charge in [0.1, 0.15) is 0 Å². The summed E-state index contributed by atoms with van der Waals surface area (Å²) < 4.78 is 2.14. The average Bonchev–Trinajstić information content (AvgIpc) is 2.67. The topological polar surface area (TPSA) is 38.1 Å². The minimum Gasteiger partial charge on any atom is -0.390 e. The number of rotatable bonds is 2. The van der Waals surface area contributed by atoms with Crippen molar-refractivity contribution >= 4 is 0 Å². The van der Waals surface area contributed by atoms with Crippen molar-refractivity contribution in [3.05, 3.63) is 18.2 Å². The fourth-order valence-electron chi connectivity index (χ4n) is 2.14. The third-order valence-electron chi connectivity index (χ3n) is 2.88. The van der Waals surface area contributed by atoms with Crippen LogP contribution in [0.1, 0.15) is 43.8 Å². The lowest BCUT2D eigenvalue weighted by Gasteiger charge is -2.24. The molecule has 0 aromatic carbocycles. The molecule has 0 spiro atoms. The van der Waals surface area contributed by atoms with E-state index in [0.29, 0.717) is 6.04 Å². The molecule has 1 N–H and O–H groups in total. The van der Waals surface area contributed by atoms with E-state index in [1.165, 1.54) is 32.1 Å². The highest BCUT2D eigenvalue weighted by Crippen LogP contribution is 2.28. The van der Waals surface area contributed by atoms with Crippen LogP contribution in [-0.4, -0.2) is 14.7 Å². The van der Waals surface area contributed by atoms with Gasteiger partial charge in [-0.1, -0.05) is 19.3 Å². The first-order valence-electron chi connectivity index (χ1n) is 5.03. The molecule has 0 atom stereocenters. The Bertz CT molecular complexity index is 264. The number of aliphatic hydroxyl groups is 1. The molecule has 72 valence electrons. The van der Waals surface area contributed by atoms with Crippen LogP contribution in [0.2, 0.25) is 0 Å². The maximum absolute atomic E-state index is 9.08. The quantitative estimate of drug-likeness (QED) is 0.754. The molecule has 1 aliphatic carbocycles. The van der Waals surface area contributed by atoms with Crippen molar-refractivity contribution in [3.8, 4) is 0 Å². The first-order valence-corrected chi connectivity index (χ1v) is 5.03. The molecular weight excluding hydrogens is 164 g/mol. The number of nitrogens with zero attached hydrogens (tertiary/aromatic N) is 2. The minimum absolute atomic E-state index is 0.108. The summed E-state index contributed by atoms with van der Waals surface area (Å²) in [6.07, 6.45) is 10.1. The maximum Gasteiger partial charge on any atom is 0.0951 e. The molecule has 1 saturated carbocycles. The van der Waals surface area contributed by atoms with E-state index < -0.39 is 0 Å². The second-order valence-corrected chi connectivity index (χ2v) is 3.74. The molecule has 1 aromatic heterocycles. The van der Waals surface area contributed by atoms with E-state index in [1.807, 2.05) is 6.33 Å². The van der Waals surface area contributed by atoms with Gasteiger partial charge in [-0.3, -0.25) is 0 Å². The van der Waals surface area contributed by atoms with Crippen molar-refractivity contribution in [1.82, 2.24) is 9.55 Å². The Labute approximate surface area is 78.4 Å². The Morgan fingerprint density at radius 3 is 2.85 bits per heavy atom. The van der Waals surface area contributed by atoms with E-state index in [-0.39, 0.29) is 6.61 Å². The summed E-state index contributed by atoms with van der Waals surface area (Å²) in [5.41, 5.74) is 0.951. The molecule has 0 aliphatic heterocycles. The molecular formula is C10H16N2O. The molecule has 0 saturated heterocycles. The van der Waals surface area contributed by atoms with Crippen LogP contribution in [0.3, 0.4) is 0 Å². The average molecular weight is 180 g/mol. The molecule has 0 unspecified atom stereocenters. The molecule has 1 heterocycles. The Morgan fingerprint density at radius 2 is 2.15 bits per heavy atom. The Morgan fingerprint density at radius 1 is 1.38 bits per heavy atom. The lowest BCUT2D eigenvalue weighted by atomic mass is 9.95. The van der Waals surface area contributed by atoms with Crippen LogP contribution in [0, 0.1) is 0 Å². The highest BCUT2D eigenvalue weighted by Gasteiger charge is 2.16. The van der Waals surface area contributed by atoms with E-state index in [2.05, 4.69) is 9.55 Å². The zero-order valence-electron chi connectivity index (χ0n) is 7.82. The van der Waals surface area contributed by atoms with Gasteiger partial charge >= 0.3 is 0 Å². The summed E-state index contributed by atoms with van der Waals surface area (Å²) in [4.78, 5) is 4.07. The SMILES string of the molecule is OCc1cncn1C1CCCCC1. The highest BCUT2D eigenvalue weighted by atomic mass is 16.3. The summed E-state index contributed by atoms with van der Waals surface area (Å²) in [6.45, 7) is 0.108. The fraction of sp³-hybridized carbons (Fsp3) is 0.700. The molecule has 3 nitrogen and oxygen atoms in total. The standard InChI is InChI=1S/C10H16N2O/c13-7-10-6-11-8-12(10)9-4-2-1-3-5-9/h6,8-9,13H,1-5,7H2. The van der Waals surface area contributed by atoms with Gasteiger partial charge in [0, 0.05) is 6.04 Å². The van der Waals surface area contributed by atoms with Crippen molar-refractivity contribution in [2.45, 2.75) is 44.8 Å². The molecule has 0 amide bonds. The summed E-state index contributed by atoms with van der Waals surface area (Å²) >= 11 is 0. The summed E-state index contributed by atoms with van der Waals surface area (Å²) in [6, 6.07) is 0.582. The van der Waals surface area contributed by atoms with E-state index in [0.717, 1.165) is 5.69 Å². The maximum atomic E-state index is 9.08. The van der Waals surface area contributed by atoms with E-state index in [1.54, 1.807) is 6.20 Å². The molecule has 1 aromatic rings. The van der Waals surface area contributed by atoms with Crippen LogP contribution in [0.25, 0.3) is 0 Å². The second-order valence-electron chi connectivity index (χ2n) is 3.74. The lowest BCUT2D eigenvalue weighted by Crippen LogP contribution is -2.14. The van der Waals surface area contributed by atoms with Crippen LogP contribution >= 0.6 is 0 Å². The summed E-state index contributed by atoms with van der Waals surface area (Å²) in [5, 5.41) is 9.08. The van der Waals surface area contributed by atoms with Crippen LogP contribution < -0.4 is 0 Å². The largest absolute Gasteiger partial charge is 0.390 e. The van der Waals surface area contributed by atoms with Gasteiger partial charge in [-0.05, 0) is 12.8 Å². The first kappa shape index (κ1) is 8.75. The normalized spacial score (nSPS) is 19.2. The first-order chi connectivity index (χ1) is 6.42. The van der Waals surface area contributed by atoms with Crippen molar-refractivity contribution in [2.24, 2.45) is 0 Å². The van der Waals surface area contributed by atoms with Crippen molar-refractivity contribution in [1.29, 1.82) is 0 Å². The van der Waals surface area contributed by atoms with Crippen LogP contribution in [0.4, 0.5) is 0 Å². The number of aromatic nitrogens is 2. The number of hydrogen-bond donors (Lipinski definition) is 1. The zero-order chi connectivity index (χ0) is 9.10. The number of hydrogen-bond acceptors (Lipinski definition) is 2. The fourth-order valence-corrected chi connectivity index (χ4v) is 2.14. The Kier molecular flexibility index (Phi) is 2.64. The molecule has 2 rings (SSSR count). The third kappa shape index (κ3) is 1.75. The van der Waals surface area contributed by atoms with Crippen molar-refractivity contribution < 1.29 is 5.11 Å². The van der Waals surface area contributed by atoms with Gasteiger partial charge in [-0.15, -0.1) is 0 Å². The predicted molar refractivity (Wildman–Crippen MR) is 50.3 cm³/mol. The molecule has 1 aliphatic rings. The van der Waals surface area contributed by atoms with Gasteiger partial charge in [-0.2, -0.15) is 0 Å². The van der Waals surface area contributed by atoms with Crippen molar-refractivity contribution in [2.75, 3.05) is 0 Å². The van der Waals surface area contributed by atoms with E-state index in [4.69, 9.17) is 5.11 Å². The second kappa shape index (κ2) is 3.92.